The van der Waals surface area contributed by atoms with E-state index in [0.717, 1.165) is 17.0 Å². The molecule has 0 radical (unpaired) electrons. The lowest BCUT2D eigenvalue weighted by molar-refractivity contribution is 0.657. The van der Waals surface area contributed by atoms with Crippen LogP contribution in [0.2, 0.25) is 15.1 Å². The third kappa shape index (κ3) is 2.99. The summed E-state index contributed by atoms with van der Waals surface area (Å²) < 4.78 is 1.92. The first-order valence-electron chi connectivity index (χ1n) is 6.28. The van der Waals surface area contributed by atoms with Crippen LogP contribution < -0.4 is 5.32 Å². The van der Waals surface area contributed by atoms with Gasteiger partial charge in [0, 0.05) is 23.3 Å². The standard InChI is InChI=1S/C14H11Cl3N4/c15-10-4-5-11(16)14(17)9(10)7-18-8-13-20-19-12-3-1-2-6-21(12)13/h1-6,18H,7-8H2. The van der Waals surface area contributed by atoms with Crippen molar-refractivity contribution in [1.82, 2.24) is 19.9 Å². The zero-order valence-electron chi connectivity index (χ0n) is 10.9. The van der Waals surface area contributed by atoms with Crippen LogP contribution in [-0.4, -0.2) is 14.6 Å². The number of hydrogen-bond acceptors (Lipinski definition) is 3. The van der Waals surface area contributed by atoms with Crippen molar-refractivity contribution in [2.24, 2.45) is 0 Å². The van der Waals surface area contributed by atoms with Crippen molar-refractivity contribution >= 4 is 40.4 Å². The average Bonchev–Trinajstić information content (AvgIpc) is 2.90. The number of hydrogen-bond donors (Lipinski definition) is 1. The van der Waals surface area contributed by atoms with E-state index in [9.17, 15) is 0 Å². The van der Waals surface area contributed by atoms with Gasteiger partial charge in [0.1, 0.15) is 0 Å². The van der Waals surface area contributed by atoms with Crippen molar-refractivity contribution in [1.29, 1.82) is 0 Å². The molecule has 4 nitrogen and oxygen atoms in total. The molecule has 1 N–H and O–H groups in total. The largest absolute Gasteiger partial charge is 0.306 e. The first-order valence-corrected chi connectivity index (χ1v) is 7.42. The second kappa shape index (κ2) is 6.20. The average molecular weight is 342 g/mol. The summed E-state index contributed by atoms with van der Waals surface area (Å²) in [5, 5.41) is 13.0. The maximum atomic E-state index is 6.16. The fourth-order valence-corrected chi connectivity index (χ4v) is 2.72. The smallest absolute Gasteiger partial charge is 0.160 e. The third-order valence-electron chi connectivity index (χ3n) is 3.11. The van der Waals surface area contributed by atoms with Crippen LogP contribution in [0, 0.1) is 0 Å². The molecule has 21 heavy (non-hydrogen) atoms. The molecular formula is C14H11Cl3N4. The number of pyridine rings is 1. The quantitative estimate of drug-likeness (QED) is 0.730. The van der Waals surface area contributed by atoms with E-state index in [1.165, 1.54) is 0 Å². The second-order valence-corrected chi connectivity index (χ2v) is 5.66. The van der Waals surface area contributed by atoms with Crippen molar-refractivity contribution in [2.45, 2.75) is 13.1 Å². The highest BCUT2D eigenvalue weighted by molar-refractivity contribution is 6.44. The minimum absolute atomic E-state index is 0.475. The summed E-state index contributed by atoms with van der Waals surface area (Å²) in [6.45, 7) is 1.05. The summed E-state index contributed by atoms with van der Waals surface area (Å²) in [6.07, 6.45) is 1.92. The number of halogens is 3. The van der Waals surface area contributed by atoms with Crippen LogP contribution in [0.3, 0.4) is 0 Å². The first kappa shape index (κ1) is 14.6. The summed E-state index contributed by atoms with van der Waals surface area (Å²) in [4.78, 5) is 0. The van der Waals surface area contributed by atoms with Gasteiger partial charge in [-0.2, -0.15) is 0 Å². The molecule has 3 aromatic rings. The lowest BCUT2D eigenvalue weighted by Gasteiger charge is -2.09. The first-order chi connectivity index (χ1) is 10.2. The second-order valence-electron chi connectivity index (χ2n) is 4.47. The van der Waals surface area contributed by atoms with Gasteiger partial charge >= 0.3 is 0 Å². The number of nitrogens with zero attached hydrogens (tertiary/aromatic N) is 3. The molecule has 0 aliphatic rings. The van der Waals surface area contributed by atoms with Crippen LogP contribution in [0.15, 0.2) is 36.5 Å². The van der Waals surface area contributed by atoms with E-state index in [-0.39, 0.29) is 0 Å². The highest BCUT2D eigenvalue weighted by atomic mass is 35.5. The summed E-state index contributed by atoms with van der Waals surface area (Å²) in [5.41, 5.74) is 1.59. The molecule has 0 saturated heterocycles. The van der Waals surface area contributed by atoms with E-state index in [0.29, 0.717) is 28.2 Å². The molecule has 0 saturated carbocycles. The number of nitrogens with one attached hydrogen (secondary N) is 1. The minimum atomic E-state index is 0.475. The number of aromatic nitrogens is 3. The summed E-state index contributed by atoms with van der Waals surface area (Å²) in [5.74, 6) is 0.819. The van der Waals surface area contributed by atoms with Gasteiger partial charge in [0.25, 0.3) is 0 Å². The van der Waals surface area contributed by atoms with Crippen LogP contribution in [-0.2, 0) is 13.1 Å². The Morgan fingerprint density at radius 2 is 1.76 bits per heavy atom. The Labute approximate surface area is 136 Å². The van der Waals surface area contributed by atoms with E-state index in [4.69, 9.17) is 34.8 Å². The summed E-state index contributed by atoms with van der Waals surface area (Å²) >= 11 is 18.3. The Bertz CT molecular complexity index is 785. The van der Waals surface area contributed by atoms with Gasteiger partial charge in [-0.25, -0.2) is 0 Å². The molecule has 0 bridgehead atoms. The molecule has 2 aromatic heterocycles. The molecule has 0 unspecified atom stereocenters. The number of benzene rings is 1. The van der Waals surface area contributed by atoms with Crippen molar-refractivity contribution < 1.29 is 0 Å². The molecule has 0 fully saturated rings. The Balaban J connectivity index is 1.73. The Hall–Kier alpha value is -1.33. The topological polar surface area (TPSA) is 42.2 Å². The molecule has 0 amide bonds. The zero-order chi connectivity index (χ0) is 14.8. The van der Waals surface area contributed by atoms with Gasteiger partial charge in [0.2, 0.25) is 0 Å². The van der Waals surface area contributed by atoms with Crippen molar-refractivity contribution in [3.63, 3.8) is 0 Å². The van der Waals surface area contributed by atoms with Crippen LogP contribution in [0.5, 0.6) is 0 Å². The van der Waals surface area contributed by atoms with Gasteiger partial charge < -0.3 is 5.32 Å². The van der Waals surface area contributed by atoms with E-state index in [1.54, 1.807) is 12.1 Å². The maximum absolute atomic E-state index is 6.16. The van der Waals surface area contributed by atoms with Crippen molar-refractivity contribution in [3.05, 3.63) is 63.0 Å². The monoisotopic (exact) mass is 340 g/mol. The highest BCUT2D eigenvalue weighted by Gasteiger charge is 2.10. The third-order valence-corrected chi connectivity index (χ3v) is 4.31. The number of rotatable bonds is 4. The molecule has 3 rings (SSSR count). The molecule has 7 heteroatoms. The molecular weight excluding hydrogens is 331 g/mol. The van der Waals surface area contributed by atoms with Gasteiger partial charge in [0.15, 0.2) is 11.5 Å². The van der Waals surface area contributed by atoms with Gasteiger partial charge in [-0.3, -0.25) is 4.40 Å². The normalized spacial score (nSPS) is 11.2. The van der Waals surface area contributed by atoms with Gasteiger partial charge in [-0.15, -0.1) is 10.2 Å². The van der Waals surface area contributed by atoms with Crippen LogP contribution in [0.1, 0.15) is 11.4 Å². The molecule has 0 aliphatic heterocycles. The van der Waals surface area contributed by atoms with Gasteiger partial charge in [0.05, 0.1) is 16.6 Å². The van der Waals surface area contributed by atoms with Crippen LogP contribution in [0.4, 0.5) is 0 Å². The fourth-order valence-electron chi connectivity index (χ4n) is 2.04. The Kier molecular flexibility index (Phi) is 4.31. The predicted octanol–water partition coefficient (Wildman–Crippen LogP) is 3.98. The molecule has 0 atom stereocenters. The molecule has 2 heterocycles. The van der Waals surface area contributed by atoms with E-state index in [2.05, 4.69) is 15.5 Å². The zero-order valence-corrected chi connectivity index (χ0v) is 13.1. The highest BCUT2D eigenvalue weighted by Crippen LogP contribution is 2.31. The van der Waals surface area contributed by atoms with Crippen molar-refractivity contribution in [2.75, 3.05) is 0 Å². The molecule has 108 valence electrons. The van der Waals surface area contributed by atoms with Gasteiger partial charge in [-0.05, 0) is 24.3 Å². The SMILES string of the molecule is Clc1ccc(Cl)c(CNCc2nnc3ccccn23)c1Cl. The molecule has 1 aromatic carbocycles. The minimum Gasteiger partial charge on any atom is -0.306 e. The Morgan fingerprint density at radius 3 is 2.62 bits per heavy atom. The maximum Gasteiger partial charge on any atom is 0.160 e. The summed E-state index contributed by atoms with van der Waals surface area (Å²) in [7, 11) is 0. The lowest BCUT2D eigenvalue weighted by Crippen LogP contribution is -2.15. The fraction of sp³-hybridized carbons (Fsp3) is 0.143. The van der Waals surface area contributed by atoms with E-state index < -0.39 is 0 Å². The van der Waals surface area contributed by atoms with E-state index >= 15 is 0 Å². The lowest BCUT2D eigenvalue weighted by atomic mass is 10.2. The van der Waals surface area contributed by atoms with Crippen LogP contribution >= 0.6 is 34.8 Å². The van der Waals surface area contributed by atoms with Gasteiger partial charge in [-0.1, -0.05) is 40.9 Å². The predicted molar refractivity (Wildman–Crippen MR) is 85.0 cm³/mol. The Morgan fingerprint density at radius 1 is 0.952 bits per heavy atom. The number of fused-ring (bicyclic) bond motifs is 1. The molecule has 0 spiro atoms. The molecule has 0 aliphatic carbocycles. The summed E-state index contributed by atoms with van der Waals surface area (Å²) in [6, 6.07) is 9.18. The van der Waals surface area contributed by atoms with E-state index in [1.807, 2.05) is 28.8 Å². The van der Waals surface area contributed by atoms with Crippen LogP contribution in [0.25, 0.3) is 5.65 Å². The van der Waals surface area contributed by atoms with Crippen molar-refractivity contribution in [3.8, 4) is 0 Å².